The summed E-state index contributed by atoms with van der Waals surface area (Å²) in [4.78, 5) is 20.5. The first kappa shape index (κ1) is 12.4. The smallest absolute Gasteiger partial charge is 0.227 e. The highest BCUT2D eigenvalue weighted by atomic mass is 16.2. The molecule has 4 heterocycles. The predicted octanol–water partition coefficient (Wildman–Crippen LogP) is 0.716. The van der Waals surface area contributed by atoms with Crippen LogP contribution in [-0.2, 0) is 11.3 Å². The third-order valence-electron chi connectivity index (χ3n) is 4.36. The number of fused-ring (bicyclic) bond motifs is 4. The molecular formula is C14H20N4O. The van der Waals surface area contributed by atoms with E-state index in [1.54, 1.807) is 6.20 Å². The van der Waals surface area contributed by atoms with Crippen LogP contribution in [0.15, 0.2) is 18.3 Å². The first-order chi connectivity index (χ1) is 9.15. The van der Waals surface area contributed by atoms with Crippen LogP contribution in [0.3, 0.4) is 0 Å². The van der Waals surface area contributed by atoms with E-state index >= 15 is 0 Å². The molecule has 2 atom stereocenters. The van der Waals surface area contributed by atoms with E-state index in [1.807, 2.05) is 24.1 Å². The van der Waals surface area contributed by atoms with E-state index in [4.69, 9.17) is 5.73 Å². The summed E-state index contributed by atoms with van der Waals surface area (Å²) < 4.78 is 0. The fourth-order valence-corrected chi connectivity index (χ4v) is 3.20. The van der Waals surface area contributed by atoms with Gasteiger partial charge in [0.2, 0.25) is 5.91 Å². The molecule has 1 aromatic heterocycles. The molecule has 5 heteroatoms. The Hall–Kier alpha value is -1.62. The largest absolute Gasteiger partial charge is 0.383 e. The number of carbonyl (C=O) groups is 1. The number of likely N-dealkylation sites (N-methyl/N-ethyl adjacent to an activating group) is 1. The van der Waals surface area contributed by atoms with Crippen LogP contribution in [-0.4, -0.2) is 46.9 Å². The Morgan fingerprint density at radius 1 is 1.42 bits per heavy atom. The molecule has 5 nitrogen and oxygen atoms in total. The van der Waals surface area contributed by atoms with Gasteiger partial charge < -0.3 is 10.6 Å². The van der Waals surface area contributed by atoms with E-state index in [2.05, 4.69) is 9.88 Å². The van der Waals surface area contributed by atoms with Crippen molar-refractivity contribution in [3.05, 3.63) is 23.9 Å². The Bertz CT molecular complexity index is 490. The van der Waals surface area contributed by atoms with Crippen LogP contribution in [0.2, 0.25) is 0 Å². The summed E-state index contributed by atoms with van der Waals surface area (Å²) in [6.45, 7) is 2.56. The van der Waals surface area contributed by atoms with Gasteiger partial charge >= 0.3 is 0 Å². The average Bonchev–Trinajstić information content (AvgIpc) is 2.66. The molecule has 19 heavy (non-hydrogen) atoms. The Kier molecular flexibility index (Phi) is 3.14. The van der Waals surface area contributed by atoms with Crippen molar-refractivity contribution in [3.63, 3.8) is 0 Å². The number of piperidine rings is 1. The van der Waals surface area contributed by atoms with Gasteiger partial charge in [0.25, 0.3) is 0 Å². The van der Waals surface area contributed by atoms with Crippen LogP contribution >= 0.6 is 0 Å². The zero-order valence-corrected chi connectivity index (χ0v) is 11.2. The van der Waals surface area contributed by atoms with Crippen molar-refractivity contribution >= 4 is 11.7 Å². The molecule has 4 rings (SSSR count). The first-order valence-electron chi connectivity index (χ1n) is 6.83. The summed E-state index contributed by atoms with van der Waals surface area (Å²) in [7, 11) is 1.93. The SMILES string of the molecule is CN1C(=O)[C@@H]2CC[C@H]1CN(Cc1cccnc1N)C2. The van der Waals surface area contributed by atoms with Gasteiger partial charge in [-0.2, -0.15) is 0 Å². The molecule has 3 saturated heterocycles. The van der Waals surface area contributed by atoms with Gasteiger partial charge in [-0.25, -0.2) is 4.98 Å². The molecule has 2 N–H and O–H groups in total. The van der Waals surface area contributed by atoms with Crippen molar-refractivity contribution in [2.45, 2.75) is 25.4 Å². The number of hydrogen-bond acceptors (Lipinski definition) is 4. The molecule has 0 radical (unpaired) electrons. The second kappa shape index (κ2) is 4.81. The fraction of sp³-hybridized carbons (Fsp3) is 0.571. The molecule has 0 unspecified atom stereocenters. The molecule has 1 amide bonds. The zero-order chi connectivity index (χ0) is 13.4. The maximum atomic E-state index is 12.1. The number of nitrogens with two attached hydrogens (primary N) is 1. The van der Waals surface area contributed by atoms with Crippen molar-refractivity contribution in [3.8, 4) is 0 Å². The van der Waals surface area contributed by atoms with Gasteiger partial charge in [-0.15, -0.1) is 0 Å². The van der Waals surface area contributed by atoms with E-state index in [9.17, 15) is 4.79 Å². The third kappa shape index (κ3) is 2.30. The first-order valence-corrected chi connectivity index (χ1v) is 6.83. The van der Waals surface area contributed by atoms with Crippen LogP contribution in [0.4, 0.5) is 5.82 Å². The third-order valence-corrected chi connectivity index (χ3v) is 4.36. The summed E-state index contributed by atoms with van der Waals surface area (Å²) in [5.41, 5.74) is 6.96. The van der Waals surface area contributed by atoms with Crippen LogP contribution in [0.1, 0.15) is 18.4 Å². The minimum atomic E-state index is 0.154. The molecule has 102 valence electrons. The lowest BCUT2D eigenvalue weighted by atomic mass is 9.95. The van der Waals surface area contributed by atoms with Crippen LogP contribution < -0.4 is 5.73 Å². The monoisotopic (exact) mass is 260 g/mol. The number of rotatable bonds is 2. The molecule has 1 aromatic rings. The van der Waals surface area contributed by atoms with Crippen molar-refractivity contribution in [1.82, 2.24) is 14.8 Å². The summed E-state index contributed by atoms with van der Waals surface area (Å²) in [5.74, 6) is 1.05. The Balaban J connectivity index is 1.77. The molecular weight excluding hydrogens is 240 g/mol. The summed E-state index contributed by atoms with van der Waals surface area (Å²) in [6.07, 6.45) is 3.85. The van der Waals surface area contributed by atoms with Gasteiger partial charge in [-0.05, 0) is 18.9 Å². The maximum absolute atomic E-state index is 12.1. The molecule has 0 aromatic carbocycles. The minimum Gasteiger partial charge on any atom is -0.383 e. The number of pyridine rings is 1. The van der Waals surface area contributed by atoms with Crippen LogP contribution in [0.5, 0.6) is 0 Å². The number of aromatic nitrogens is 1. The number of anilines is 1. The lowest BCUT2D eigenvalue weighted by molar-refractivity contribution is -0.138. The van der Waals surface area contributed by atoms with Gasteiger partial charge in [-0.3, -0.25) is 9.69 Å². The normalized spacial score (nSPS) is 27.6. The maximum Gasteiger partial charge on any atom is 0.227 e. The molecule has 0 aliphatic carbocycles. The number of carbonyl (C=O) groups excluding carboxylic acids is 1. The molecule has 2 bridgehead atoms. The van der Waals surface area contributed by atoms with Gasteiger partial charge in [-0.1, -0.05) is 6.07 Å². The molecule has 0 saturated carbocycles. The highest BCUT2D eigenvalue weighted by Crippen LogP contribution is 2.29. The zero-order valence-electron chi connectivity index (χ0n) is 11.2. The van der Waals surface area contributed by atoms with E-state index in [0.29, 0.717) is 17.8 Å². The summed E-state index contributed by atoms with van der Waals surface area (Å²) >= 11 is 0. The molecule has 3 aliphatic rings. The average molecular weight is 260 g/mol. The Morgan fingerprint density at radius 3 is 3.05 bits per heavy atom. The van der Waals surface area contributed by atoms with Gasteiger partial charge in [0.05, 0.1) is 5.92 Å². The standard InChI is InChI=1S/C14H20N4O/c1-17-12-5-4-11(14(17)19)8-18(9-12)7-10-3-2-6-16-13(10)15/h2-3,6,11-12H,4-5,7-9H2,1H3,(H2,15,16)/t11-,12+/m1/s1. The lowest BCUT2D eigenvalue weighted by Gasteiger charge is -2.32. The highest BCUT2D eigenvalue weighted by molar-refractivity contribution is 5.80. The van der Waals surface area contributed by atoms with E-state index < -0.39 is 0 Å². The van der Waals surface area contributed by atoms with E-state index in [1.165, 1.54) is 0 Å². The quantitative estimate of drug-likeness (QED) is 0.851. The molecule has 3 fully saturated rings. The number of nitrogen functional groups attached to an aromatic ring is 1. The topological polar surface area (TPSA) is 62.5 Å². The second-order valence-corrected chi connectivity index (χ2v) is 5.62. The number of hydrogen-bond donors (Lipinski definition) is 1. The fourth-order valence-electron chi connectivity index (χ4n) is 3.20. The lowest BCUT2D eigenvalue weighted by Crippen LogP contribution is -2.45. The second-order valence-electron chi connectivity index (χ2n) is 5.62. The molecule has 0 spiro atoms. The van der Waals surface area contributed by atoms with Crippen LogP contribution in [0.25, 0.3) is 0 Å². The van der Waals surface area contributed by atoms with Gasteiger partial charge in [0.1, 0.15) is 5.82 Å². The van der Waals surface area contributed by atoms with Gasteiger partial charge in [0, 0.05) is 44.5 Å². The molecule has 3 aliphatic heterocycles. The van der Waals surface area contributed by atoms with E-state index in [-0.39, 0.29) is 5.92 Å². The van der Waals surface area contributed by atoms with Crippen molar-refractivity contribution in [1.29, 1.82) is 0 Å². The minimum absolute atomic E-state index is 0.154. The van der Waals surface area contributed by atoms with Crippen molar-refractivity contribution in [2.24, 2.45) is 5.92 Å². The van der Waals surface area contributed by atoms with Crippen molar-refractivity contribution in [2.75, 3.05) is 25.9 Å². The van der Waals surface area contributed by atoms with Gasteiger partial charge in [0.15, 0.2) is 0 Å². The predicted molar refractivity (Wildman–Crippen MR) is 73.2 cm³/mol. The summed E-state index contributed by atoms with van der Waals surface area (Å²) in [5, 5.41) is 0. The highest BCUT2D eigenvalue weighted by Gasteiger charge is 2.38. The van der Waals surface area contributed by atoms with Crippen molar-refractivity contribution < 1.29 is 4.79 Å². The number of amides is 1. The Labute approximate surface area is 113 Å². The van der Waals surface area contributed by atoms with Crippen LogP contribution in [0, 0.1) is 5.92 Å². The Morgan fingerprint density at radius 2 is 2.26 bits per heavy atom. The summed E-state index contributed by atoms with van der Waals surface area (Å²) in [6, 6.07) is 4.28. The van der Waals surface area contributed by atoms with E-state index in [0.717, 1.165) is 38.0 Å². The number of nitrogens with zero attached hydrogens (tertiary/aromatic N) is 3.